The fourth-order valence-corrected chi connectivity index (χ4v) is 3.15. The maximum absolute atomic E-state index is 10.8. The molecule has 0 aromatic heterocycles. The van der Waals surface area contributed by atoms with Crippen molar-refractivity contribution >= 4 is 12.3 Å². The van der Waals surface area contributed by atoms with Gasteiger partial charge in [-0.3, -0.25) is 0 Å². The molecule has 0 N–H and O–H groups in total. The maximum atomic E-state index is 10.8. The topological polar surface area (TPSA) is 71.1 Å². The highest BCUT2D eigenvalue weighted by Gasteiger charge is 2.23. The Hall–Kier alpha value is -4.58. The van der Waals surface area contributed by atoms with Crippen LogP contribution in [0.25, 0.3) is 0 Å². The second kappa shape index (κ2) is 22.4. The van der Waals surface area contributed by atoms with E-state index in [1.807, 2.05) is 128 Å². The SMILES string of the molecule is O=C1OCC(CC=CC=CC=CC=CC=CC=CC=CC=CCCC=CC=CC=CC=CCC2COC(=O)O2)O1. The quantitative estimate of drug-likeness (QED) is 0.105. The lowest BCUT2D eigenvalue weighted by molar-refractivity contribution is 0.117. The largest absolute Gasteiger partial charge is 0.508 e. The van der Waals surface area contributed by atoms with E-state index in [-0.39, 0.29) is 12.2 Å². The third-order valence-corrected chi connectivity index (χ3v) is 5.14. The minimum Gasteiger partial charge on any atom is -0.430 e. The Kier molecular flexibility index (Phi) is 17.7. The second-order valence-electron chi connectivity index (χ2n) is 8.44. The first-order valence-electron chi connectivity index (χ1n) is 13.4. The molecule has 40 heavy (non-hydrogen) atoms. The van der Waals surface area contributed by atoms with Gasteiger partial charge in [-0.2, -0.15) is 0 Å². The van der Waals surface area contributed by atoms with Gasteiger partial charge in [-0.1, -0.05) is 146 Å². The molecule has 2 unspecified atom stereocenters. The van der Waals surface area contributed by atoms with Crippen LogP contribution in [0.5, 0.6) is 0 Å². The lowest BCUT2D eigenvalue weighted by Gasteiger charge is -1.99. The zero-order chi connectivity index (χ0) is 28.4. The fourth-order valence-electron chi connectivity index (χ4n) is 3.15. The van der Waals surface area contributed by atoms with Crippen LogP contribution in [0.2, 0.25) is 0 Å². The van der Waals surface area contributed by atoms with Crippen LogP contribution in [0.4, 0.5) is 9.59 Å². The lowest BCUT2D eigenvalue weighted by atomic mass is 10.2. The number of carbonyl (C=O) groups excluding carboxylic acids is 2. The molecule has 2 aliphatic heterocycles. The van der Waals surface area contributed by atoms with Crippen LogP contribution in [0.3, 0.4) is 0 Å². The zero-order valence-corrected chi connectivity index (χ0v) is 22.7. The van der Waals surface area contributed by atoms with Crippen molar-refractivity contribution in [1.82, 2.24) is 0 Å². The van der Waals surface area contributed by atoms with Crippen LogP contribution in [0.15, 0.2) is 146 Å². The van der Waals surface area contributed by atoms with Gasteiger partial charge in [-0.05, 0) is 12.8 Å². The van der Waals surface area contributed by atoms with Gasteiger partial charge in [0.15, 0.2) is 0 Å². The normalized spacial score (nSPS) is 20.9. The Morgan fingerprint density at radius 2 is 0.700 bits per heavy atom. The van der Waals surface area contributed by atoms with Crippen LogP contribution < -0.4 is 0 Å². The monoisotopic (exact) mass is 542 g/mol. The first-order valence-corrected chi connectivity index (χ1v) is 13.4. The smallest absolute Gasteiger partial charge is 0.430 e. The average Bonchev–Trinajstić information content (AvgIpc) is 3.57. The van der Waals surface area contributed by atoms with E-state index in [2.05, 4.69) is 18.2 Å². The van der Waals surface area contributed by atoms with Crippen LogP contribution >= 0.6 is 0 Å². The van der Waals surface area contributed by atoms with Crippen molar-refractivity contribution in [2.24, 2.45) is 0 Å². The van der Waals surface area contributed by atoms with Gasteiger partial charge in [0, 0.05) is 12.8 Å². The molecule has 2 atom stereocenters. The van der Waals surface area contributed by atoms with Gasteiger partial charge < -0.3 is 18.9 Å². The molecule has 0 radical (unpaired) electrons. The third-order valence-electron chi connectivity index (χ3n) is 5.14. The number of rotatable bonds is 17. The van der Waals surface area contributed by atoms with Crippen molar-refractivity contribution in [2.75, 3.05) is 13.2 Å². The van der Waals surface area contributed by atoms with Crippen LogP contribution in [0, 0.1) is 0 Å². The van der Waals surface area contributed by atoms with Crippen molar-refractivity contribution in [3.63, 3.8) is 0 Å². The molecule has 2 aliphatic rings. The molecule has 0 amide bonds. The molecule has 0 saturated carbocycles. The van der Waals surface area contributed by atoms with Gasteiger partial charge in [0.05, 0.1) is 0 Å². The number of hydrogen-bond acceptors (Lipinski definition) is 6. The van der Waals surface area contributed by atoms with Crippen LogP contribution in [-0.4, -0.2) is 37.7 Å². The summed E-state index contributed by atoms with van der Waals surface area (Å²) in [5.74, 6) is 0. The highest BCUT2D eigenvalue weighted by molar-refractivity contribution is 5.62. The zero-order valence-electron chi connectivity index (χ0n) is 22.7. The number of unbranched alkanes of at least 4 members (excludes halogenated alkanes) is 1. The van der Waals surface area contributed by atoms with Gasteiger partial charge in [-0.25, -0.2) is 9.59 Å². The minimum absolute atomic E-state index is 0.166. The Morgan fingerprint density at radius 3 is 0.975 bits per heavy atom. The van der Waals surface area contributed by atoms with Crippen molar-refractivity contribution in [3.05, 3.63) is 146 Å². The average molecular weight is 543 g/mol. The van der Waals surface area contributed by atoms with Crippen molar-refractivity contribution in [1.29, 1.82) is 0 Å². The van der Waals surface area contributed by atoms with Gasteiger partial charge in [0.1, 0.15) is 25.4 Å². The standard InChI is InChI=1S/C34H38O6/c35-33-37-29-31(39-33)27-25-23-21-19-17-15-13-11-9-7-5-3-1-2-4-6-8-10-12-14-16-18-20-22-24-26-28-32-30-38-34(36)40-32/h1-7,9,11-26,31-32H,8,10,27-30H2. The molecular weight excluding hydrogens is 504 g/mol. The van der Waals surface area contributed by atoms with Crippen molar-refractivity contribution < 1.29 is 28.5 Å². The van der Waals surface area contributed by atoms with E-state index in [4.69, 9.17) is 18.9 Å². The summed E-state index contributed by atoms with van der Waals surface area (Å²) in [6, 6.07) is 0. The van der Waals surface area contributed by atoms with E-state index in [0.29, 0.717) is 26.1 Å². The summed E-state index contributed by atoms with van der Waals surface area (Å²) in [5.41, 5.74) is 0. The highest BCUT2D eigenvalue weighted by atomic mass is 16.8. The van der Waals surface area contributed by atoms with E-state index in [0.717, 1.165) is 12.8 Å². The van der Waals surface area contributed by atoms with Gasteiger partial charge in [0.25, 0.3) is 0 Å². The Balaban J connectivity index is 1.43. The summed E-state index contributed by atoms with van der Waals surface area (Å²) in [6.07, 6.45) is 49.4. The molecular formula is C34H38O6. The molecule has 0 aliphatic carbocycles. The van der Waals surface area contributed by atoms with E-state index in [1.165, 1.54) is 0 Å². The molecule has 0 aromatic rings. The predicted octanol–water partition coefficient (Wildman–Crippen LogP) is 8.29. The first kappa shape index (κ1) is 31.6. The molecule has 6 nitrogen and oxygen atoms in total. The summed E-state index contributed by atoms with van der Waals surface area (Å²) in [4.78, 5) is 21.6. The molecule has 0 aromatic carbocycles. The molecule has 0 bridgehead atoms. The lowest BCUT2D eigenvalue weighted by Crippen LogP contribution is -2.07. The highest BCUT2D eigenvalue weighted by Crippen LogP contribution is 2.10. The second-order valence-corrected chi connectivity index (χ2v) is 8.44. The number of ether oxygens (including phenoxy) is 4. The van der Waals surface area contributed by atoms with Gasteiger partial charge in [-0.15, -0.1) is 0 Å². The number of carbonyl (C=O) groups is 2. The first-order chi connectivity index (χ1) is 19.7. The van der Waals surface area contributed by atoms with Crippen molar-refractivity contribution in [3.8, 4) is 0 Å². The van der Waals surface area contributed by atoms with E-state index < -0.39 is 12.3 Å². The van der Waals surface area contributed by atoms with E-state index in [1.54, 1.807) is 0 Å². The maximum Gasteiger partial charge on any atom is 0.508 e. The molecule has 2 rings (SSSR count). The van der Waals surface area contributed by atoms with E-state index >= 15 is 0 Å². The summed E-state index contributed by atoms with van der Waals surface area (Å²) >= 11 is 0. The summed E-state index contributed by atoms with van der Waals surface area (Å²) < 4.78 is 19.3. The summed E-state index contributed by atoms with van der Waals surface area (Å²) in [7, 11) is 0. The van der Waals surface area contributed by atoms with Gasteiger partial charge in [0.2, 0.25) is 0 Å². The molecule has 2 saturated heterocycles. The third kappa shape index (κ3) is 17.8. The molecule has 210 valence electrons. The summed E-state index contributed by atoms with van der Waals surface area (Å²) in [5, 5.41) is 0. The Labute approximate surface area is 237 Å². The number of allylic oxidation sites excluding steroid dienone is 22. The molecule has 2 fully saturated rings. The van der Waals surface area contributed by atoms with Crippen LogP contribution in [-0.2, 0) is 18.9 Å². The molecule has 6 heteroatoms. The van der Waals surface area contributed by atoms with Crippen LogP contribution in [0.1, 0.15) is 25.7 Å². The van der Waals surface area contributed by atoms with E-state index in [9.17, 15) is 9.59 Å². The predicted molar refractivity (Wildman–Crippen MR) is 161 cm³/mol. The molecule has 0 spiro atoms. The summed E-state index contributed by atoms with van der Waals surface area (Å²) in [6.45, 7) is 0.656. The minimum atomic E-state index is -0.585. The Morgan fingerprint density at radius 1 is 0.425 bits per heavy atom. The fraction of sp³-hybridized carbons (Fsp3) is 0.235. The number of cyclic esters (lactones) is 4. The van der Waals surface area contributed by atoms with Crippen molar-refractivity contribution in [2.45, 2.75) is 37.9 Å². The molecule has 2 heterocycles. The Bertz CT molecular complexity index is 1110. The number of hydrogen-bond donors (Lipinski definition) is 0. The van der Waals surface area contributed by atoms with Gasteiger partial charge >= 0.3 is 12.3 Å².